The van der Waals surface area contributed by atoms with E-state index in [2.05, 4.69) is 26.7 Å². The molecular weight excluding hydrogens is 1050 g/mol. The third-order valence-corrected chi connectivity index (χ3v) is 14.3. The summed E-state index contributed by atoms with van der Waals surface area (Å²) in [6.45, 7) is 8.05. The van der Waals surface area contributed by atoms with Crippen LogP contribution in [-0.4, -0.2) is 88.9 Å². The molecule has 0 saturated heterocycles. The number of aromatic nitrogens is 3. The molecule has 0 radical (unpaired) electrons. The number of halogens is 6. The van der Waals surface area contributed by atoms with Gasteiger partial charge in [-0.05, 0) is 104 Å². The van der Waals surface area contributed by atoms with Crippen LogP contribution < -0.4 is 33.5 Å². The molecule has 0 amide bonds. The summed E-state index contributed by atoms with van der Waals surface area (Å²) >= 11 is 0. The molecule has 1 aliphatic heterocycles. The SMILES string of the molecule is C=N/C(=C(\C=C/C)[C@@H](C)N1CCOc2nc(-c3c(F)c(N(Cc4ccc(OC)cc4)Cc4ccc(OC)cc4)c(F)c(C)c3C(F)(F)F)c(F)c3nc(S(C)(=O)=O)nc1c23)N(Cc1ccc(OC)cc1)Cc1ccc(OC)cc1. The molecule has 0 aliphatic carbocycles. The lowest BCUT2D eigenvalue weighted by atomic mass is 9.94. The minimum atomic E-state index is -5.50. The minimum absolute atomic E-state index is 0.0973. The predicted octanol–water partition coefficient (Wildman–Crippen LogP) is 11.9. The first kappa shape index (κ1) is 56.9. The monoisotopic (exact) mass is 1110 g/mol. The summed E-state index contributed by atoms with van der Waals surface area (Å²) in [5.41, 5.74) is -4.18. The zero-order valence-corrected chi connectivity index (χ0v) is 45.4. The van der Waals surface area contributed by atoms with Gasteiger partial charge in [-0.3, -0.25) is 0 Å². The van der Waals surface area contributed by atoms with Gasteiger partial charge in [0.25, 0.3) is 0 Å². The van der Waals surface area contributed by atoms with Gasteiger partial charge >= 0.3 is 6.18 Å². The molecule has 0 fully saturated rings. The van der Waals surface area contributed by atoms with Crippen LogP contribution >= 0.6 is 0 Å². The van der Waals surface area contributed by atoms with Crippen molar-refractivity contribution in [2.45, 2.75) is 64.3 Å². The number of hydrogen-bond acceptors (Lipinski definition) is 14. The number of hydrogen-bond donors (Lipinski definition) is 0. The zero-order chi connectivity index (χ0) is 56.9. The summed E-state index contributed by atoms with van der Waals surface area (Å²) in [4.78, 5) is 22.2. The van der Waals surface area contributed by atoms with Crippen LogP contribution in [0.5, 0.6) is 28.9 Å². The smallest absolute Gasteiger partial charge is 0.417 e. The Balaban J connectivity index is 1.34. The number of rotatable bonds is 20. The molecule has 414 valence electrons. The van der Waals surface area contributed by atoms with E-state index in [1.54, 1.807) is 93.6 Å². The van der Waals surface area contributed by atoms with Crippen LogP contribution in [0, 0.1) is 24.4 Å². The number of pyridine rings is 1. The molecule has 3 heterocycles. The number of aliphatic imine (C=N–C) groups is 1. The number of methoxy groups -OCH3 is 4. The minimum Gasteiger partial charge on any atom is -0.497 e. The predicted molar refractivity (Wildman–Crippen MR) is 290 cm³/mol. The van der Waals surface area contributed by atoms with Gasteiger partial charge in [-0.25, -0.2) is 41.5 Å². The van der Waals surface area contributed by atoms with Gasteiger partial charge in [0, 0.05) is 38.0 Å². The van der Waals surface area contributed by atoms with E-state index >= 15 is 26.3 Å². The Hall–Kier alpha value is -8.33. The maximum atomic E-state index is 18.0. The summed E-state index contributed by atoms with van der Waals surface area (Å²) in [5, 5.41) is -1.24. The Bertz CT molecular complexity index is 3450. The van der Waals surface area contributed by atoms with Gasteiger partial charge in [-0.2, -0.15) is 13.2 Å². The second kappa shape index (κ2) is 23.7. The zero-order valence-electron chi connectivity index (χ0n) is 44.6. The lowest BCUT2D eigenvalue weighted by Gasteiger charge is -2.34. The number of anilines is 2. The van der Waals surface area contributed by atoms with Crippen molar-refractivity contribution in [2.75, 3.05) is 57.6 Å². The Morgan fingerprint density at radius 2 is 1.22 bits per heavy atom. The molecule has 14 nitrogen and oxygen atoms in total. The van der Waals surface area contributed by atoms with Crippen molar-refractivity contribution >= 4 is 39.0 Å². The van der Waals surface area contributed by atoms with E-state index in [1.807, 2.05) is 53.4 Å². The molecule has 1 aliphatic rings. The highest BCUT2D eigenvalue weighted by molar-refractivity contribution is 7.90. The molecule has 0 N–H and O–H groups in total. The summed E-state index contributed by atoms with van der Waals surface area (Å²) in [5.74, 6) is -3.17. The summed E-state index contributed by atoms with van der Waals surface area (Å²) in [6.07, 6.45) is -1.17. The quantitative estimate of drug-likeness (QED) is 0.0310. The summed E-state index contributed by atoms with van der Waals surface area (Å²) < 4.78 is 154. The third kappa shape index (κ3) is 12.1. The molecule has 0 unspecified atom stereocenters. The Labute approximate surface area is 454 Å². The number of benzene rings is 5. The van der Waals surface area contributed by atoms with E-state index in [0.717, 1.165) is 24.3 Å². The van der Waals surface area contributed by atoms with Crippen molar-refractivity contribution in [3.05, 3.63) is 171 Å². The van der Waals surface area contributed by atoms with Crippen LogP contribution in [0.3, 0.4) is 0 Å². The molecule has 21 heteroatoms. The molecular formula is C58H57F6N7O7S. The van der Waals surface area contributed by atoms with Gasteiger partial charge in [0.15, 0.2) is 17.5 Å². The summed E-state index contributed by atoms with van der Waals surface area (Å²) in [6, 6.07) is 27.0. The van der Waals surface area contributed by atoms with Crippen LogP contribution in [0.4, 0.5) is 37.8 Å². The van der Waals surface area contributed by atoms with E-state index in [-0.39, 0.29) is 37.4 Å². The molecule has 5 aromatic carbocycles. The van der Waals surface area contributed by atoms with Crippen molar-refractivity contribution in [1.82, 2.24) is 19.9 Å². The first-order valence-electron chi connectivity index (χ1n) is 24.7. The van der Waals surface area contributed by atoms with Gasteiger partial charge in [0.2, 0.25) is 20.9 Å². The van der Waals surface area contributed by atoms with Crippen LogP contribution in [0.15, 0.2) is 131 Å². The van der Waals surface area contributed by atoms with Gasteiger partial charge in [-0.1, -0.05) is 60.7 Å². The van der Waals surface area contributed by atoms with Crippen molar-refractivity contribution < 1.29 is 58.4 Å². The molecule has 0 saturated carbocycles. The van der Waals surface area contributed by atoms with E-state index in [0.29, 0.717) is 58.6 Å². The lowest BCUT2D eigenvalue weighted by molar-refractivity contribution is -0.137. The average molecular weight is 1110 g/mol. The number of nitrogens with zero attached hydrogens (tertiary/aromatic N) is 7. The van der Waals surface area contributed by atoms with E-state index in [4.69, 9.17) is 23.7 Å². The fourth-order valence-corrected chi connectivity index (χ4v) is 9.98. The highest BCUT2D eigenvalue weighted by atomic mass is 32.2. The van der Waals surface area contributed by atoms with Crippen molar-refractivity contribution in [2.24, 2.45) is 4.99 Å². The van der Waals surface area contributed by atoms with Crippen molar-refractivity contribution in [3.8, 4) is 40.1 Å². The number of alkyl halides is 3. The molecule has 0 spiro atoms. The molecule has 1 atom stereocenters. The fourth-order valence-electron chi connectivity index (χ4n) is 9.47. The summed E-state index contributed by atoms with van der Waals surface area (Å²) in [7, 11) is 1.60. The van der Waals surface area contributed by atoms with E-state index < -0.39 is 84.1 Å². The largest absolute Gasteiger partial charge is 0.497 e. The maximum absolute atomic E-state index is 18.0. The average Bonchev–Trinajstić information content (AvgIpc) is 3.87. The molecule has 79 heavy (non-hydrogen) atoms. The van der Waals surface area contributed by atoms with Gasteiger partial charge in [0.05, 0.1) is 52.2 Å². The standard InChI is InChI=1S/C58H57F6N7O7S/c1-10-11-44(54(65-4)70(32-38-16-24-42(76-7)25-17-38)33-39-18-26-43(77-8)27-19-39)35(3)71-28-29-78-56-46-52(67-57(68-55(46)71)79(9,72)73)50(61)51(66-56)45-47(58(62,63)64)34(2)48(59)53(49(45)60)69(30-36-12-20-40(74-5)21-13-36)31-37-14-22-41(75-6)23-15-37/h10-27,35H,4,28-33H2,1-3,5-9H3/b11-10-,54-44-/t35-/m1/s1. The molecule has 7 aromatic rings. The second-order valence-corrected chi connectivity index (χ2v) is 20.4. The van der Waals surface area contributed by atoms with Crippen LogP contribution in [0.2, 0.25) is 0 Å². The molecule has 0 bridgehead atoms. The normalized spacial score (nSPS) is 13.4. The van der Waals surface area contributed by atoms with Gasteiger partial charge < -0.3 is 38.4 Å². The van der Waals surface area contributed by atoms with Crippen LogP contribution in [-0.2, 0) is 42.2 Å². The van der Waals surface area contributed by atoms with Crippen molar-refractivity contribution in [1.29, 1.82) is 0 Å². The van der Waals surface area contributed by atoms with Crippen LogP contribution in [0.25, 0.3) is 22.2 Å². The van der Waals surface area contributed by atoms with Gasteiger partial charge in [0.1, 0.15) is 63.5 Å². The van der Waals surface area contributed by atoms with E-state index in [9.17, 15) is 8.42 Å². The Morgan fingerprint density at radius 3 is 1.63 bits per heavy atom. The first-order valence-corrected chi connectivity index (χ1v) is 26.6. The second-order valence-electron chi connectivity index (χ2n) is 18.5. The van der Waals surface area contributed by atoms with Gasteiger partial charge in [-0.15, -0.1) is 0 Å². The van der Waals surface area contributed by atoms with E-state index in [1.165, 1.54) is 19.1 Å². The van der Waals surface area contributed by atoms with Crippen LogP contribution in [0.1, 0.15) is 47.2 Å². The number of ether oxygens (including phenoxy) is 5. The maximum Gasteiger partial charge on any atom is 0.417 e. The number of allylic oxidation sites excluding steroid dienone is 1. The Kier molecular flexibility index (Phi) is 17.1. The molecule has 2 aromatic heterocycles. The fraction of sp³-hybridized carbons (Fsp3) is 0.276. The molecule has 8 rings (SSSR count). The third-order valence-electron chi connectivity index (χ3n) is 13.4. The Morgan fingerprint density at radius 1 is 0.747 bits per heavy atom. The van der Waals surface area contributed by atoms with Crippen molar-refractivity contribution in [3.63, 3.8) is 0 Å². The topological polar surface area (TPSA) is 141 Å². The first-order chi connectivity index (χ1) is 37.7. The highest BCUT2D eigenvalue weighted by Gasteiger charge is 2.43. The highest BCUT2D eigenvalue weighted by Crippen LogP contribution is 2.49. The lowest BCUT2D eigenvalue weighted by Crippen LogP contribution is -2.39. The number of sulfone groups is 1.